The number of hydrogen-bond donors (Lipinski definition) is 1. The summed E-state index contributed by atoms with van der Waals surface area (Å²) < 4.78 is 50.3. The second kappa shape index (κ2) is 15.6. The van der Waals surface area contributed by atoms with Gasteiger partial charge in [-0.1, -0.05) is 32.1 Å². The highest BCUT2D eigenvalue weighted by Gasteiger charge is 2.31. The SMILES string of the molecule is C\C=C/C(OC(C)(C)C(=O)O)=C(C)\C=C\OCCN(CCN(CC)CC)c1nc(-c2ccc(C(F)(F)F)cc2)cs1. The number of benzene rings is 1. The maximum absolute atomic E-state index is 13.0. The van der Waals surface area contributed by atoms with E-state index in [1.165, 1.54) is 37.3 Å². The fourth-order valence-electron chi connectivity index (χ4n) is 3.66. The molecule has 226 valence electrons. The molecule has 2 rings (SSSR count). The number of alkyl halides is 3. The zero-order valence-corrected chi connectivity index (χ0v) is 25.3. The van der Waals surface area contributed by atoms with Gasteiger partial charge in [0.15, 0.2) is 10.7 Å². The van der Waals surface area contributed by atoms with E-state index in [2.05, 4.69) is 23.6 Å². The van der Waals surface area contributed by atoms with Crippen LogP contribution in [-0.2, 0) is 20.4 Å². The Kier molecular flexibility index (Phi) is 12.9. The van der Waals surface area contributed by atoms with Crippen LogP contribution in [0, 0.1) is 0 Å². The Bertz CT molecular complexity index is 1200. The summed E-state index contributed by atoms with van der Waals surface area (Å²) in [7, 11) is 0. The van der Waals surface area contributed by atoms with Crippen LogP contribution >= 0.6 is 11.3 Å². The third-order valence-electron chi connectivity index (χ3n) is 6.33. The molecule has 0 spiro atoms. The molecular weight excluding hydrogens is 555 g/mol. The van der Waals surface area contributed by atoms with E-state index in [4.69, 9.17) is 14.5 Å². The molecular formula is C30H40F3N3O4S. The number of anilines is 1. The van der Waals surface area contributed by atoms with Crippen molar-refractivity contribution in [2.45, 2.75) is 53.3 Å². The predicted molar refractivity (Wildman–Crippen MR) is 158 cm³/mol. The Labute approximate surface area is 244 Å². The van der Waals surface area contributed by atoms with Crippen LogP contribution in [0.3, 0.4) is 0 Å². The molecule has 0 radical (unpaired) electrons. The van der Waals surface area contributed by atoms with Crippen LogP contribution in [0.4, 0.5) is 18.3 Å². The first-order valence-electron chi connectivity index (χ1n) is 13.5. The van der Waals surface area contributed by atoms with E-state index in [1.807, 2.05) is 19.2 Å². The van der Waals surface area contributed by atoms with E-state index < -0.39 is 23.3 Å². The van der Waals surface area contributed by atoms with Gasteiger partial charge in [-0.3, -0.25) is 0 Å². The quantitative estimate of drug-likeness (QED) is 0.125. The van der Waals surface area contributed by atoms with Gasteiger partial charge in [-0.05, 0) is 70.6 Å². The number of nitrogens with zero attached hydrogens (tertiary/aromatic N) is 3. The van der Waals surface area contributed by atoms with Crippen molar-refractivity contribution >= 4 is 22.4 Å². The number of aliphatic carboxylic acids is 1. The molecule has 1 aromatic heterocycles. The summed E-state index contributed by atoms with van der Waals surface area (Å²) in [4.78, 5) is 20.6. The zero-order chi connectivity index (χ0) is 30.6. The smallest absolute Gasteiger partial charge is 0.416 e. The van der Waals surface area contributed by atoms with Crippen molar-refractivity contribution in [3.63, 3.8) is 0 Å². The van der Waals surface area contributed by atoms with Gasteiger partial charge in [-0.2, -0.15) is 13.2 Å². The first-order chi connectivity index (χ1) is 19.3. The number of carbonyl (C=O) groups is 1. The molecule has 0 unspecified atom stereocenters. The largest absolute Gasteiger partial charge is 0.499 e. The van der Waals surface area contributed by atoms with Crippen LogP contribution in [-0.4, -0.2) is 65.9 Å². The number of carboxylic acids is 1. The second-order valence-electron chi connectivity index (χ2n) is 9.74. The first-order valence-corrected chi connectivity index (χ1v) is 14.3. The van der Waals surface area contributed by atoms with Gasteiger partial charge in [0, 0.05) is 24.0 Å². The van der Waals surface area contributed by atoms with Gasteiger partial charge in [0.25, 0.3) is 0 Å². The molecule has 0 fully saturated rings. The van der Waals surface area contributed by atoms with E-state index in [-0.39, 0.29) is 0 Å². The van der Waals surface area contributed by atoms with Crippen molar-refractivity contribution in [1.29, 1.82) is 0 Å². The molecule has 1 N–H and O–H groups in total. The Morgan fingerprint density at radius 1 is 1.07 bits per heavy atom. The van der Waals surface area contributed by atoms with Crippen molar-refractivity contribution in [3.05, 3.63) is 71.0 Å². The molecule has 1 aromatic carbocycles. The molecule has 0 bridgehead atoms. The van der Waals surface area contributed by atoms with Crippen LogP contribution in [0.1, 0.15) is 47.1 Å². The Balaban J connectivity index is 2.13. The standard InChI is InChI=1S/C30H40F3N3O4S/c1-7-10-26(40-29(5,6)27(37)38)22(4)15-19-39-20-18-36(17-16-35(8-2)9-3)28-34-25(21-41-28)23-11-13-24(14-12-23)30(31,32)33/h7,10-15,19,21H,8-9,16-18,20H2,1-6H3,(H,37,38)/b10-7-,19-15+,26-22+. The fraction of sp³-hybridized carbons (Fsp3) is 0.467. The van der Waals surface area contributed by atoms with Crippen LogP contribution in [0.15, 0.2) is 65.5 Å². The third-order valence-corrected chi connectivity index (χ3v) is 7.23. The molecule has 0 amide bonds. The van der Waals surface area contributed by atoms with Gasteiger partial charge in [0.05, 0.1) is 24.1 Å². The van der Waals surface area contributed by atoms with E-state index in [0.29, 0.717) is 42.3 Å². The molecule has 0 aliphatic carbocycles. The van der Waals surface area contributed by atoms with Crippen molar-refractivity contribution in [2.24, 2.45) is 0 Å². The van der Waals surface area contributed by atoms with Gasteiger partial charge in [0.2, 0.25) is 0 Å². The first kappa shape index (κ1) is 33.9. The summed E-state index contributed by atoms with van der Waals surface area (Å²) in [6.45, 7) is 15.1. The summed E-state index contributed by atoms with van der Waals surface area (Å²) in [6, 6.07) is 5.01. The maximum Gasteiger partial charge on any atom is 0.416 e. The number of likely N-dealkylation sites (N-methyl/N-ethyl adjacent to an activating group) is 1. The minimum Gasteiger partial charge on any atom is -0.499 e. The number of hydrogen-bond acceptors (Lipinski definition) is 7. The number of carboxylic acid groups (broad SMARTS) is 1. The summed E-state index contributed by atoms with van der Waals surface area (Å²) in [5.74, 6) is -0.639. The summed E-state index contributed by atoms with van der Waals surface area (Å²) >= 11 is 1.44. The van der Waals surface area contributed by atoms with E-state index in [1.54, 1.807) is 24.5 Å². The highest BCUT2D eigenvalue weighted by molar-refractivity contribution is 7.14. The predicted octanol–water partition coefficient (Wildman–Crippen LogP) is 7.24. The topological polar surface area (TPSA) is 75.1 Å². The number of thiazole rings is 1. The van der Waals surface area contributed by atoms with Crippen molar-refractivity contribution < 1.29 is 32.5 Å². The Morgan fingerprint density at radius 3 is 2.29 bits per heavy atom. The van der Waals surface area contributed by atoms with Gasteiger partial charge in [-0.25, -0.2) is 9.78 Å². The summed E-state index contributed by atoms with van der Waals surface area (Å²) in [5.41, 5.74) is -0.132. The average Bonchev–Trinajstić information content (AvgIpc) is 3.41. The number of aromatic nitrogens is 1. The molecule has 7 nitrogen and oxygen atoms in total. The summed E-state index contributed by atoms with van der Waals surface area (Å²) in [5, 5.41) is 12.0. The highest BCUT2D eigenvalue weighted by atomic mass is 32.1. The van der Waals surface area contributed by atoms with Crippen LogP contribution in [0.5, 0.6) is 0 Å². The molecule has 11 heteroatoms. The van der Waals surface area contributed by atoms with Crippen molar-refractivity contribution in [2.75, 3.05) is 44.2 Å². The van der Waals surface area contributed by atoms with Gasteiger partial charge in [0.1, 0.15) is 12.4 Å². The van der Waals surface area contributed by atoms with Gasteiger partial charge >= 0.3 is 12.1 Å². The summed E-state index contributed by atoms with van der Waals surface area (Å²) in [6.07, 6.45) is 2.36. The molecule has 2 aromatic rings. The number of allylic oxidation sites excluding steroid dienone is 4. The van der Waals surface area contributed by atoms with Crippen LogP contribution < -0.4 is 4.90 Å². The maximum atomic E-state index is 13.0. The minimum absolute atomic E-state index is 0.359. The molecule has 0 atom stereocenters. The van der Waals surface area contributed by atoms with Crippen LogP contribution in [0.2, 0.25) is 0 Å². The van der Waals surface area contributed by atoms with Gasteiger partial charge in [-0.15, -0.1) is 11.3 Å². The van der Waals surface area contributed by atoms with Crippen LogP contribution in [0.25, 0.3) is 11.3 Å². The average molecular weight is 596 g/mol. The number of rotatable bonds is 16. The Hall–Kier alpha value is -3.31. The number of halogens is 3. The lowest BCUT2D eigenvalue weighted by Crippen LogP contribution is -2.36. The Morgan fingerprint density at radius 2 is 1.73 bits per heavy atom. The molecule has 0 aliphatic heterocycles. The lowest BCUT2D eigenvalue weighted by atomic mass is 10.1. The lowest BCUT2D eigenvalue weighted by Gasteiger charge is -2.26. The van der Waals surface area contributed by atoms with E-state index in [0.717, 1.165) is 36.9 Å². The third kappa shape index (κ3) is 10.6. The second-order valence-corrected chi connectivity index (χ2v) is 10.6. The van der Waals surface area contributed by atoms with E-state index in [9.17, 15) is 23.1 Å². The normalized spacial score (nSPS) is 13.2. The fourth-order valence-corrected chi connectivity index (χ4v) is 4.54. The molecule has 41 heavy (non-hydrogen) atoms. The molecule has 0 aliphatic rings. The molecule has 0 saturated carbocycles. The van der Waals surface area contributed by atoms with Gasteiger partial charge < -0.3 is 24.4 Å². The molecule has 0 saturated heterocycles. The van der Waals surface area contributed by atoms with Crippen molar-refractivity contribution in [3.8, 4) is 11.3 Å². The van der Waals surface area contributed by atoms with E-state index >= 15 is 0 Å². The van der Waals surface area contributed by atoms with Crippen molar-refractivity contribution in [1.82, 2.24) is 9.88 Å². The minimum atomic E-state index is -4.38. The monoisotopic (exact) mass is 595 g/mol. The molecule has 1 heterocycles. The zero-order valence-electron chi connectivity index (χ0n) is 24.5. The highest BCUT2D eigenvalue weighted by Crippen LogP contribution is 2.32. The lowest BCUT2D eigenvalue weighted by molar-refractivity contribution is -0.156. The number of ether oxygens (including phenoxy) is 2.